The molecule has 0 spiro atoms. The Balaban J connectivity index is 0.990. The number of carbonyl (C=O) groups is 16. The second kappa shape index (κ2) is 43.8. The SMILES string of the molecule is CC[C@H](C)[C@@H]1NC(=O)CNC(=O)[C@@H]2Cc3c([nH]c4cc(OCCCCCCNC(=O)OCc5ccc(NC(=O)[C@H](CCCNC(N)=O)NC(=O)C(NC(=O)CCCCCN6C(=O)C=CC6=O)C(C)C)cc5)ccc34)S(=O)C[C@H](NC(=O)CNC1=O)C(=O)N[C@@H](CC(N)=O)C(=O)N1C[C@H](O)C[C@H]1C(=O)N[C@@H]([C@@H](C)[C@@H](O)CO)C(=O)N2. The Hall–Kier alpha value is -11.1. The van der Waals surface area contributed by atoms with Crippen LogP contribution in [0.25, 0.3) is 10.9 Å². The highest BCUT2D eigenvalue weighted by molar-refractivity contribution is 7.85. The van der Waals surface area contributed by atoms with Crippen LogP contribution in [0.1, 0.15) is 129 Å². The zero-order chi connectivity index (χ0) is 83.5. The highest BCUT2D eigenvalue weighted by atomic mass is 32.2. The number of hydrogen-bond donors (Lipinski definition) is 18. The number of hydrogen-bond acceptors (Lipinski definition) is 22. The number of amides is 17. The van der Waals surface area contributed by atoms with Crippen LogP contribution in [0.2, 0.25) is 0 Å². The van der Waals surface area contributed by atoms with Crippen LogP contribution in [0, 0.1) is 17.8 Å². The van der Waals surface area contributed by atoms with Gasteiger partial charge in [0.05, 0.1) is 67.0 Å². The summed E-state index contributed by atoms with van der Waals surface area (Å²) < 4.78 is 26.7. The number of urea groups is 1. The Labute approximate surface area is 659 Å². The van der Waals surface area contributed by atoms with Crippen LogP contribution in [0.4, 0.5) is 15.3 Å². The van der Waals surface area contributed by atoms with Gasteiger partial charge in [0.15, 0.2) is 0 Å². The zero-order valence-corrected chi connectivity index (χ0v) is 65.0. The molecular formula is C74H105N17O22S. The van der Waals surface area contributed by atoms with Crippen LogP contribution >= 0.6 is 0 Å². The molecule has 114 heavy (non-hydrogen) atoms. The summed E-state index contributed by atoms with van der Waals surface area (Å²) >= 11 is 0. The van der Waals surface area contributed by atoms with Crippen LogP contribution in [0.5, 0.6) is 5.75 Å². The molecule has 2 unspecified atom stereocenters. The maximum Gasteiger partial charge on any atom is 0.407 e. The molecule has 2 bridgehead atoms. The van der Waals surface area contributed by atoms with Crippen LogP contribution < -0.4 is 80.0 Å². The first kappa shape index (κ1) is 90.1. The Morgan fingerprint density at radius 3 is 2.06 bits per heavy atom. The summed E-state index contributed by atoms with van der Waals surface area (Å²) in [5.41, 5.74) is 12.0. The Morgan fingerprint density at radius 2 is 1.39 bits per heavy atom. The second-order valence-corrected chi connectivity index (χ2v) is 30.3. The van der Waals surface area contributed by atoms with Crippen LogP contribution in [-0.2, 0) is 95.7 Å². The van der Waals surface area contributed by atoms with E-state index in [0.29, 0.717) is 68.4 Å². The molecule has 1 aromatic heterocycles. The van der Waals surface area contributed by atoms with Crippen molar-refractivity contribution in [2.45, 2.75) is 197 Å². The van der Waals surface area contributed by atoms with Gasteiger partial charge >= 0.3 is 12.1 Å². The van der Waals surface area contributed by atoms with Crippen molar-refractivity contribution in [1.29, 1.82) is 0 Å². The number of carbonyl (C=O) groups excluding carboxylic acids is 16. The number of anilines is 1. The molecule has 3 aromatic rings. The summed E-state index contributed by atoms with van der Waals surface area (Å²) in [6, 6.07) is -2.11. The third kappa shape index (κ3) is 26.8. The van der Waals surface area contributed by atoms with E-state index in [1.165, 1.54) is 19.1 Å². The van der Waals surface area contributed by atoms with E-state index in [2.05, 4.69) is 68.8 Å². The summed E-state index contributed by atoms with van der Waals surface area (Å²) in [6.07, 6.45) is 1.26. The predicted octanol–water partition coefficient (Wildman–Crippen LogP) is -3.26. The summed E-state index contributed by atoms with van der Waals surface area (Å²) in [4.78, 5) is 220. The zero-order valence-electron chi connectivity index (χ0n) is 64.2. The number of fused-ring (bicyclic) bond motifs is 5. The number of aliphatic hydroxyl groups excluding tert-OH is 3. The molecule has 0 saturated carbocycles. The minimum atomic E-state index is -2.46. The lowest BCUT2D eigenvalue weighted by Crippen LogP contribution is -2.62. The van der Waals surface area contributed by atoms with Gasteiger partial charge in [0, 0.05) is 80.7 Å². The number of alkyl carbamates (subject to hydrolysis) is 1. The van der Waals surface area contributed by atoms with E-state index in [9.17, 15) is 92.0 Å². The number of aromatic amines is 1. The summed E-state index contributed by atoms with van der Waals surface area (Å²) in [7, 11) is -2.46. The topological polar surface area (TPSA) is 588 Å². The molecule has 17 amide bonds. The molecule has 624 valence electrons. The molecule has 4 aliphatic heterocycles. The van der Waals surface area contributed by atoms with Gasteiger partial charge in [-0.3, -0.25) is 76.2 Å². The monoisotopic (exact) mass is 1620 g/mol. The predicted molar refractivity (Wildman–Crippen MR) is 408 cm³/mol. The number of benzene rings is 2. The van der Waals surface area contributed by atoms with Gasteiger partial charge in [-0.2, -0.15) is 0 Å². The van der Waals surface area contributed by atoms with E-state index in [1.54, 1.807) is 70.2 Å². The fraction of sp³-hybridized carbons (Fsp3) is 0.568. The number of unbranched alkanes of at least 4 members (excludes halogenated alkanes) is 5. The number of imide groups is 1. The van der Waals surface area contributed by atoms with Gasteiger partial charge in [-0.15, -0.1) is 0 Å². The molecule has 0 radical (unpaired) electrons. The largest absolute Gasteiger partial charge is 0.494 e. The molecule has 4 aliphatic rings. The van der Waals surface area contributed by atoms with E-state index < -0.39 is 217 Å². The van der Waals surface area contributed by atoms with E-state index in [1.807, 2.05) is 0 Å². The average Bonchev–Trinajstić information content (AvgIpc) is 1.62. The summed E-state index contributed by atoms with van der Waals surface area (Å²) in [5.74, 6) is -14.7. The number of nitrogens with one attached hydrogen (secondary N) is 13. The maximum absolute atomic E-state index is 15.2. The van der Waals surface area contributed by atoms with Gasteiger partial charge in [0.1, 0.15) is 65.7 Å². The quantitative estimate of drug-likeness (QED) is 0.0210. The molecular weight excluding hydrogens is 1510 g/mol. The van der Waals surface area contributed by atoms with Gasteiger partial charge < -0.3 is 110 Å². The minimum absolute atomic E-state index is 0.0732. The molecule has 39 nitrogen and oxygen atoms in total. The van der Waals surface area contributed by atoms with Crippen molar-refractivity contribution in [3.63, 3.8) is 0 Å². The van der Waals surface area contributed by atoms with E-state index in [4.69, 9.17) is 20.9 Å². The molecule has 0 aliphatic carbocycles. The lowest BCUT2D eigenvalue weighted by atomic mass is 9.93. The fourth-order valence-corrected chi connectivity index (χ4v) is 14.5. The number of primary amides is 2. The fourth-order valence-electron chi connectivity index (χ4n) is 13.1. The second-order valence-electron chi connectivity index (χ2n) is 28.8. The smallest absolute Gasteiger partial charge is 0.407 e. The number of nitrogens with two attached hydrogens (primary N) is 2. The maximum atomic E-state index is 15.2. The van der Waals surface area contributed by atoms with Crippen LogP contribution in [-0.4, -0.2) is 248 Å². The molecule has 1 saturated heterocycles. The first-order valence-corrected chi connectivity index (χ1v) is 39.3. The van der Waals surface area contributed by atoms with Crippen molar-refractivity contribution < 1.29 is 106 Å². The minimum Gasteiger partial charge on any atom is -0.494 e. The number of H-pyrrole nitrogens is 1. The standard InChI is InChI=1S/C74H105N17O22S/c1-6-40(4)62-68(105)80-33-57(97)82-52-38-114(111)71-47(31-50(64(101)79-34-58(98)88-62)84-70(107)63(41(5)54(94)36-92)89-67(104)53-29-44(93)35-91(53)72(108)51(32-55(75)95)85-66(52)103)46-22-21-45(30-49(46)86-71)112-28-13-8-7-11-25-78-74(110)113-37-42-17-19-43(20-18-42)81-65(102)48(15-14-26-77-73(76)109)83-69(106)61(39(2)3)87-56(96)16-10-9-12-27-90-59(99)23-24-60(90)100/h17-24,30,39-41,44,48,50-54,61-63,86,92-94H,6-16,25-29,31-38H2,1-5H3,(H2,75,95)(H,78,110)(H,79,101)(H,80,105)(H,81,102)(H,82,97)(H,83,106)(H,84,107)(H,85,103)(H,87,96)(H,88,98)(H,89,104)(H3,76,77,109)/t40-,41-,44+,48-,50-,51-,52-,53-,54-,61?,62-,63-,114?/m0/s1. The molecule has 2 aromatic carbocycles. The van der Waals surface area contributed by atoms with Gasteiger partial charge in [-0.1, -0.05) is 72.4 Å². The number of nitrogens with zero attached hydrogens (tertiary/aromatic N) is 2. The van der Waals surface area contributed by atoms with Crippen molar-refractivity contribution in [3.05, 3.63) is 65.7 Å². The van der Waals surface area contributed by atoms with E-state index >= 15 is 4.21 Å². The lowest BCUT2D eigenvalue weighted by molar-refractivity contribution is -0.144. The Kier molecular flexibility index (Phi) is 34.6. The van der Waals surface area contributed by atoms with E-state index in [0.717, 1.165) is 9.80 Å². The molecule has 13 atom stereocenters. The van der Waals surface area contributed by atoms with Gasteiger partial charge in [0.2, 0.25) is 70.9 Å². The molecule has 1 fully saturated rings. The van der Waals surface area contributed by atoms with Crippen LogP contribution in [0.15, 0.2) is 59.6 Å². The number of ether oxygens (including phenoxy) is 2. The Morgan fingerprint density at radius 1 is 0.711 bits per heavy atom. The van der Waals surface area contributed by atoms with Gasteiger partial charge in [-0.05, 0) is 85.8 Å². The average molecular weight is 1620 g/mol. The molecule has 20 N–H and O–H groups in total. The highest BCUT2D eigenvalue weighted by Gasteiger charge is 2.46. The Bertz CT molecular complexity index is 4050. The van der Waals surface area contributed by atoms with Crippen molar-refractivity contribution in [3.8, 4) is 5.75 Å². The van der Waals surface area contributed by atoms with Gasteiger partial charge in [0.25, 0.3) is 11.8 Å². The van der Waals surface area contributed by atoms with Crippen molar-refractivity contribution in [1.82, 2.24) is 73.3 Å². The normalized spacial score (nSPS) is 22.0. The third-order valence-corrected chi connectivity index (χ3v) is 21.2. The summed E-state index contributed by atoms with van der Waals surface area (Å²) in [6.45, 7) is 5.67. The molecule has 40 heteroatoms. The molecule has 7 rings (SSSR count). The van der Waals surface area contributed by atoms with Gasteiger partial charge in [-0.25, -0.2) is 9.59 Å². The van der Waals surface area contributed by atoms with Crippen molar-refractivity contribution in [2.75, 3.05) is 63.6 Å². The van der Waals surface area contributed by atoms with Crippen molar-refractivity contribution in [2.24, 2.45) is 29.2 Å². The van der Waals surface area contributed by atoms with Crippen molar-refractivity contribution >= 4 is 122 Å². The first-order valence-electron chi connectivity index (χ1n) is 38.0. The third-order valence-electron chi connectivity index (χ3n) is 19.8. The molecule has 5 heterocycles. The first-order chi connectivity index (χ1) is 54.2. The number of rotatable bonds is 33. The van der Waals surface area contributed by atoms with Crippen LogP contribution in [0.3, 0.4) is 0 Å². The lowest BCUT2D eigenvalue weighted by Gasteiger charge is -2.32. The number of aromatic nitrogens is 1. The highest BCUT2D eigenvalue weighted by Crippen LogP contribution is 2.31. The number of aliphatic hydroxyl groups is 3. The van der Waals surface area contributed by atoms with E-state index in [-0.39, 0.29) is 91.3 Å². The summed E-state index contributed by atoms with van der Waals surface area (Å²) in [5, 5.41) is 62.8.